The Bertz CT molecular complexity index is 1810. The number of para-hydroxylation sites is 1. The summed E-state index contributed by atoms with van der Waals surface area (Å²) in [4.78, 5) is 51.2. The first-order valence-corrected chi connectivity index (χ1v) is 19.2. The standard InChI is InChI=1S/C35H47FN6O8S/c1-20-30(39-28-24(36)12-10-14-25(28)37-20)49-22-17-27-29(43)40-35(32(45)41-51(47,48)23-15-16-23)18-21(35)11-8-6-5-7-9-13-26(31(44)42(27)19-22)38-33(46)50-34(2,3)4/h8,10-12,14,21-23,26-27,31,44H,5-7,9,13,15-19H2,1-4H3,(H,38,46)(H,40,43)(H,41,45)/b11-8-/t21?,22-,26+,27+,31?,35-/m1/s1. The lowest BCUT2D eigenvalue weighted by Crippen LogP contribution is -2.59. The number of rotatable bonds is 6. The van der Waals surface area contributed by atoms with Crippen molar-refractivity contribution in [3.05, 3.63) is 41.9 Å². The van der Waals surface area contributed by atoms with Gasteiger partial charge in [-0.15, -0.1) is 0 Å². The Kier molecular flexibility index (Phi) is 10.3. The van der Waals surface area contributed by atoms with Crippen LogP contribution in [0.2, 0.25) is 0 Å². The van der Waals surface area contributed by atoms with E-state index in [9.17, 15) is 32.3 Å². The molecule has 1 saturated heterocycles. The van der Waals surface area contributed by atoms with Gasteiger partial charge in [0.25, 0.3) is 5.91 Å². The van der Waals surface area contributed by atoms with Crippen molar-refractivity contribution in [3.8, 4) is 5.88 Å². The number of aliphatic hydroxyl groups excluding tert-OH is 1. The molecule has 16 heteroatoms. The summed E-state index contributed by atoms with van der Waals surface area (Å²) in [6.45, 7) is 6.85. The molecule has 0 radical (unpaired) electrons. The predicted octanol–water partition coefficient (Wildman–Crippen LogP) is 3.11. The van der Waals surface area contributed by atoms with Crippen molar-refractivity contribution in [2.24, 2.45) is 5.92 Å². The van der Waals surface area contributed by atoms with Crippen LogP contribution in [0.5, 0.6) is 5.88 Å². The van der Waals surface area contributed by atoms with Gasteiger partial charge in [-0.05, 0) is 78.4 Å². The molecular weight excluding hydrogens is 683 g/mol. The second-order valence-electron chi connectivity index (χ2n) is 15.1. The molecule has 278 valence electrons. The highest BCUT2D eigenvalue weighted by Crippen LogP contribution is 2.46. The van der Waals surface area contributed by atoms with Crippen molar-refractivity contribution >= 4 is 39.0 Å². The van der Waals surface area contributed by atoms with Gasteiger partial charge in [-0.3, -0.25) is 19.2 Å². The molecule has 4 aliphatic rings. The smallest absolute Gasteiger partial charge is 0.408 e. The van der Waals surface area contributed by atoms with E-state index in [0.717, 1.165) is 12.8 Å². The molecular formula is C35H47FN6O8S. The van der Waals surface area contributed by atoms with Crippen LogP contribution in [-0.2, 0) is 24.3 Å². The van der Waals surface area contributed by atoms with Gasteiger partial charge in [-0.25, -0.2) is 27.6 Å². The van der Waals surface area contributed by atoms with Gasteiger partial charge in [0.2, 0.25) is 21.8 Å². The number of amides is 3. The second-order valence-corrected chi connectivity index (χ2v) is 17.0. The van der Waals surface area contributed by atoms with Crippen LogP contribution in [0, 0.1) is 18.7 Å². The molecule has 51 heavy (non-hydrogen) atoms. The Morgan fingerprint density at radius 2 is 1.90 bits per heavy atom. The van der Waals surface area contributed by atoms with Crippen LogP contribution in [-0.4, -0.2) is 93.7 Å². The Morgan fingerprint density at radius 3 is 2.63 bits per heavy atom. The molecule has 2 unspecified atom stereocenters. The molecule has 1 aromatic heterocycles. The second kappa shape index (κ2) is 14.3. The lowest BCUT2D eigenvalue weighted by atomic mass is 10.0. The van der Waals surface area contributed by atoms with Gasteiger partial charge in [0.15, 0.2) is 5.82 Å². The molecule has 2 aliphatic carbocycles. The quantitative estimate of drug-likeness (QED) is 0.320. The van der Waals surface area contributed by atoms with Crippen LogP contribution < -0.4 is 20.1 Å². The molecule has 3 amide bonds. The molecule has 1 aromatic carbocycles. The highest BCUT2D eigenvalue weighted by atomic mass is 32.2. The Labute approximate surface area is 297 Å². The average Bonchev–Trinajstić information content (AvgIpc) is 3.96. The fraction of sp³-hybridized carbons (Fsp3) is 0.629. The molecule has 6 rings (SSSR count). The van der Waals surface area contributed by atoms with E-state index in [2.05, 4.69) is 25.3 Å². The summed E-state index contributed by atoms with van der Waals surface area (Å²) < 4.78 is 54.1. The molecule has 0 bridgehead atoms. The summed E-state index contributed by atoms with van der Waals surface area (Å²) in [6, 6.07) is 2.52. The molecule has 2 aromatic rings. The number of benzene rings is 1. The Balaban J connectivity index is 1.31. The number of nitrogens with one attached hydrogen (secondary N) is 3. The normalized spacial score (nSPS) is 29.8. The van der Waals surface area contributed by atoms with Crippen molar-refractivity contribution in [1.29, 1.82) is 0 Å². The van der Waals surface area contributed by atoms with Gasteiger partial charge in [0.1, 0.15) is 34.7 Å². The summed E-state index contributed by atoms with van der Waals surface area (Å²) in [5, 5.41) is 17.0. The maximum absolute atomic E-state index is 14.6. The van der Waals surface area contributed by atoms with Crippen LogP contribution in [0.4, 0.5) is 9.18 Å². The number of carbonyl (C=O) groups is 3. The number of nitrogens with zero attached hydrogens (tertiary/aromatic N) is 3. The van der Waals surface area contributed by atoms with Gasteiger partial charge >= 0.3 is 6.09 Å². The maximum atomic E-state index is 14.6. The van der Waals surface area contributed by atoms with Gasteiger partial charge < -0.3 is 25.2 Å². The molecule has 2 saturated carbocycles. The number of sulfonamides is 1. The van der Waals surface area contributed by atoms with E-state index in [4.69, 9.17) is 9.47 Å². The number of aliphatic hydroxyl groups is 1. The summed E-state index contributed by atoms with van der Waals surface area (Å²) >= 11 is 0. The summed E-state index contributed by atoms with van der Waals surface area (Å²) in [6.07, 6.45) is 5.40. The lowest BCUT2D eigenvalue weighted by molar-refractivity contribution is -0.135. The highest BCUT2D eigenvalue weighted by Gasteiger charge is 2.62. The number of allylic oxidation sites excluding steroid dienone is 1. The number of ether oxygens (including phenoxy) is 2. The number of aromatic nitrogens is 2. The van der Waals surface area contributed by atoms with Gasteiger partial charge in [0, 0.05) is 18.9 Å². The first-order valence-electron chi connectivity index (χ1n) is 17.6. The average molecular weight is 731 g/mol. The third kappa shape index (κ3) is 8.44. The van der Waals surface area contributed by atoms with E-state index in [1.165, 1.54) is 17.0 Å². The minimum Gasteiger partial charge on any atom is -0.472 e. The lowest BCUT2D eigenvalue weighted by Gasteiger charge is -2.35. The summed E-state index contributed by atoms with van der Waals surface area (Å²) in [5.74, 6) is -2.36. The van der Waals surface area contributed by atoms with Crippen molar-refractivity contribution in [1.82, 2.24) is 30.2 Å². The minimum atomic E-state index is -3.89. The van der Waals surface area contributed by atoms with Crippen molar-refractivity contribution in [3.63, 3.8) is 0 Å². The van der Waals surface area contributed by atoms with E-state index in [1.54, 1.807) is 33.8 Å². The van der Waals surface area contributed by atoms with Crippen LogP contribution in [0.25, 0.3) is 11.0 Å². The molecule has 4 N–H and O–H groups in total. The number of aryl methyl sites for hydroxylation is 1. The van der Waals surface area contributed by atoms with Crippen LogP contribution in [0.1, 0.15) is 84.3 Å². The first kappa shape index (κ1) is 36.9. The monoisotopic (exact) mass is 730 g/mol. The zero-order valence-electron chi connectivity index (χ0n) is 29.4. The van der Waals surface area contributed by atoms with E-state index in [0.29, 0.717) is 43.3 Å². The number of alkyl carbamates (subject to hydrolysis) is 1. The number of fused-ring (bicyclic) bond motifs is 3. The molecule has 3 fully saturated rings. The molecule has 3 heterocycles. The highest BCUT2D eigenvalue weighted by molar-refractivity contribution is 7.91. The maximum Gasteiger partial charge on any atom is 0.408 e. The number of hydrogen-bond donors (Lipinski definition) is 4. The first-order chi connectivity index (χ1) is 24.1. The van der Waals surface area contributed by atoms with Crippen LogP contribution in [0.3, 0.4) is 0 Å². The third-order valence-corrected chi connectivity index (χ3v) is 11.6. The number of hydrogen-bond acceptors (Lipinski definition) is 11. The molecule has 0 spiro atoms. The number of carbonyl (C=O) groups excluding carboxylic acids is 3. The van der Waals surface area contributed by atoms with Gasteiger partial charge in [0.05, 0.1) is 22.9 Å². The Hall–Kier alpha value is -3.89. The fourth-order valence-corrected chi connectivity index (χ4v) is 8.22. The SMILES string of the molecule is Cc1nc2cccc(F)c2nc1O[C@@H]1C[C@H]2C(=O)N[C@]3(C(=O)NS(=O)(=O)C4CC4)CC3/C=C\CCCCC[C@H](NC(=O)OC(C)(C)C)C(O)N2C1. The van der Waals surface area contributed by atoms with Crippen LogP contribution in [0.15, 0.2) is 30.4 Å². The van der Waals surface area contributed by atoms with Crippen molar-refractivity contribution < 1.29 is 41.8 Å². The minimum absolute atomic E-state index is 0.000762. The molecule has 14 nitrogen and oxygen atoms in total. The van der Waals surface area contributed by atoms with Gasteiger partial charge in [-0.2, -0.15) is 0 Å². The van der Waals surface area contributed by atoms with Gasteiger partial charge in [-0.1, -0.05) is 31.1 Å². The van der Waals surface area contributed by atoms with Crippen molar-refractivity contribution in [2.45, 2.75) is 126 Å². The summed E-state index contributed by atoms with van der Waals surface area (Å²) in [5.41, 5.74) is -1.53. The topological polar surface area (TPSA) is 189 Å². The fourth-order valence-electron chi connectivity index (χ4n) is 6.86. The largest absolute Gasteiger partial charge is 0.472 e. The predicted molar refractivity (Wildman–Crippen MR) is 184 cm³/mol. The van der Waals surface area contributed by atoms with E-state index in [-0.39, 0.29) is 30.8 Å². The number of halogens is 1. The van der Waals surface area contributed by atoms with Crippen LogP contribution >= 0.6 is 0 Å². The molecule has 6 atom stereocenters. The van der Waals surface area contributed by atoms with E-state index < -0.39 is 80.5 Å². The zero-order valence-corrected chi connectivity index (χ0v) is 30.2. The molecule has 2 aliphatic heterocycles. The van der Waals surface area contributed by atoms with E-state index in [1.807, 2.05) is 12.2 Å². The van der Waals surface area contributed by atoms with E-state index >= 15 is 0 Å². The van der Waals surface area contributed by atoms with Crippen molar-refractivity contribution in [2.75, 3.05) is 6.54 Å². The third-order valence-electron chi connectivity index (χ3n) is 9.78. The zero-order chi connectivity index (χ0) is 36.7. The summed E-state index contributed by atoms with van der Waals surface area (Å²) in [7, 11) is -3.89. The Morgan fingerprint density at radius 1 is 1.14 bits per heavy atom.